The number of rotatable bonds is 6. The molecule has 7 heteroatoms. The van der Waals surface area contributed by atoms with Crippen LogP contribution in [0.4, 0.5) is 0 Å². The van der Waals surface area contributed by atoms with Crippen LogP contribution in [0.15, 0.2) is 35.7 Å². The first-order valence-electron chi connectivity index (χ1n) is 9.07. The van der Waals surface area contributed by atoms with Gasteiger partial charge in [0.25, 0.3) is 11.8 Å². The zero-order valence-electron chi connectivity index (χ0n) is 15.6. The third-order valence-corrected chi connectivity index (χ3v) is 5.32. The number of piperazine rings is 1. The fourth-order valence-electron chi connectivity index (χ4n) is 2.98. The first-order chi connectivity index (χ1) is 13.1. The number of thiophene rings is 1. The maximum Gasteiger partial charge on any atom is 0.264 e. The highest BCUT2D eigenvalue weighted by Crippen LogP contribution is 2.29. The number of carbonyl (C=O) groups excluding carboxylic acids is 2. The van der Waals surface area contributed by atoms with Crippen molar-refractivity contribution in [2.45, 2.75) is 13.3 Å². The Hall–Kier alpha value is -2.54. The number of nitrogens with zero attached hydrogens (tertiary/aromatic N) is 2. The van der Waals surface area contributed by atoms with E-state index in [0.29, 0.717) is 49.8 Å². The molecule has 0 radical (unpaired) electrons. The van der Waals surface area contributed by atoms with E-state index in [1.54, 1.807) is 35.1 Å². The lowest BCUT2D eigenvalue weighted by Gasteiger charge is -2.34. The number of hydrogen-bond acceptors (Lipinski definition) is 5. The van der Waals surface area contributed by atoms with Crippen molar-refractivity contribution in [1.82, 2.24) is 9.80 Å². The molecule has 1 aliphatic rings. The van der Waals surface area contributed by atoms with Crippen molar-refractivity contribution in [2.75, 3.05) is 39.9 Å². The van der Waals surface area contributed by atoms with Crippen molar-refractivity contribution in [3.63, 3.8) is 0 Å². The summed E-state index contributed by atoms with van der Waals surface area (Å²) < 4.78 is 11.0. The van der Waals surface area contributed by atoms with Crippen molar-refractivity contribution >= 4 is 23.2 Å². The Morgan fingerprint density at radius 2 is 1.74 bits per heavy atom. The Bertz CT molecular complexity index is 783. The molecular weight excluding hydrogens is 364 g/mol. The molecule has 3 rings (SSSR count). The van der Waals surface area contributed by atoms with Crippen LogP contribution < -0.4 is 9.47 Å². The molecule has 144 valence electrons. The SMILES string of the molecule is CCCOc1ccc(C(=O)N2CCN(C(=O)c3cccs3)CC2)cc1OC. The molecule has 0 aliphatic carbocycles. The van der Waals surface area contributed by atoms with Gasteiger partial charge in [0.2, 0.25) is 0 Å². The quantitative estimate of drug-likeness (QED) is 0.763. The second-order valence-corrected chi connectivity index (χ2v) is 7.22. The number of methoxy groups -OCH3 is 1. The van der Waals surface area contributed by atoms with Gasteiger partial charge < -0.3 is 19.3 Å². The Labute approximate surface area is 163 Å². The van der Waals surface area contributed by atoms with E-state index in [4.69, 9.17) is 9.47 Å². The van der Waals surface area contributed by atoms with E-state index in [9.17, 15) is 9.59 Å². The van der Waals surface area contributed by atoms with Gasteiger partial charge in [0, 0.05) is 31.7 Å². The topological polar surface area (TPSA) is 59.1 Å². The first-order valence-corrected chi connectivity index (χ1v) is 9.95. The summed E-state index contributed by atoms with van der Waals surface area (Å²) in [6.07, 6.45) is 0.901. The van der Waals surface area contributed by atoms with Crippen molar-refractivity contribution in [2.24, 2.45) is 0 Å². The van der Waals surface area contributed by atoms with Gasteiger partial charge >= 0.3 is 0 Å². The molecule has 1 aromatic heterocycles. The minimum absolute atomic E-state index is 0.0381. The van der Waals surface area contributed by atoms with E-state index in [-0.39, 0.29) is 11.8 Å². The summed E-state index contributed by atoms with van der Waals surface area (Å²) in [5, 5.41) is 1.90. The van der Waals surface area contributed by atoms with Crippen LogP contribution in [0, 0.1) is 0 Å². The van der Waals surface area contributed by atoms with E-state index in [0.717, 1.165) is 11.3 Å². The molecular formula is C20H24N2O4S. The lowest BCUT2D eigenvalue weighted by atomic mass is 10.1. The minimum atomic E-state index is -0.0569. The molecule has 0 spiro atoms. The van der Waals surface area contributed by atoms with Crippen molar-refractivity contribution < 1.29 is 19.1 Å². The van der Waals surface area contributed by atoms with Gasteiger partial charge in [-0.05, 0) is 36.1 Å². The summed E-state index contributed by atoms with van der Waals surface area (Å²) in [4.78, 5) is 29.6. The summed E-state index contributed by atoms with van der Waals surface area (Å²) in [6, 6.07) is 8.96. The average Bonchev–Trinajstić information content (AvgIpc) is 3.26. The highest BCUT2D eigenvalue weighted by Gasteiger charge is 2.26. The van der Waals surface area contributed by atoms with Crippen molar-refractivity contribution in [1.29, 1.82) is 0 Å². The maximum absolute atomic E-state index is 12.8. The normalized spacial score (nSPS) is 14.1. The van der Waals surface area contributed by atoms with Crippen LogP contribution in [0.5, 0.6) is 11.5 Å². The third-order valence-electron chi connectivity index (χ3n) is 4.46. The molecule has 1 aliphatic heterocycles. The number of benzene rings is 1. The van der Waals surface area contributed by atoms with Crippen LogP contribution in [0.3, 0.4) is 0 Å². The second kappa shape index (κ2) is 8.90. The first kappa shape index (κ1) is 19.2. The number of hydrogen-bond donors (Lipinski definition) is 0. The zero-order chi connectivity index (χ0) is 19.2. The van der Waals surface area contributed by atoms with E-state index in [1.165, 1.54) is 11.3 Å². The molecule has 1 aromatic carbocycles. The van der Waals surface area contributed by atoms with E-state index < -0.39 is 0 Å². The van der Waals surface area contributed by atoms with Crippen molar-refractivity contribution in [3.05, 3.63) is 46.2 Å². The standard InChI is InChI=1S/C20H24N2O4S/c1-3-12-26-16-7-6-15(14-17(16)25-2)19(23)21-8-10-22(11-9-21)20(24)18-5-4-13-27-18/h4-7,13-14H,3,8-12H2,1-2H3. The second-order valence-electron chi connectivity index (χ2n) is 6.28. The number of amides is 2. The summed E-state index contributed by atoms with van der Waals surface area (Å²) in [5.74, 6) is 1.18. The molecule has 0 unspecified atom stereocenters. The van der Waals surface area contributed by atoms with Gasteiger partial charge in [-0.25, -0.2) is 0 Å². The Morgan fingerprint density at radius 3 is 2.33 bits per heavy atom. The molecule has 0 saturated carbocycles. The highest BCUT2D eigenvalue weighted by molar-refractivity contribution is 7.12. The fourth-order valence-corrected chi connectivity index (χ4v) is 3.67. The highest BCUT2D eigenvalue weighted by atomic mass is 32.1. The summed E-state index contributed by atoms with van der Waals surface area (Å²) in [7, 11) is 1.57. The van der Waals surface area contributed by atoms with Gasteiger partial charge in [-0.1, -0.05) is 13.0 Å². The van der Waals surface area contributed by atoms with Crippen LogP contribution in [-0.4, -0.2) is 61.5 Å². The van der Waals surface area contributed by atoms with Gasteiger partial charge in [0.15, 0.2) is 11.5 Å². The third kappa shape index (κ3) is 4.42. The Morgan fingerprint density at radius 1 is 1.04 bits per heavy atom. The predicted octanol–water partition coefficient (Wildman–Crippen LogP) is 3.14. The predicted molar refractivity (Wildman–Crippen MR) is 105 cm³/mol. The molecule has 1 saturated heterocycles. The molecule has 2 aromatic rings. The monoisotopic (exact) mass is 388 g/mol. The molecule has 0 N–H and O–H groups in total. The molecule has 6 nitrogen and oxygen atoms in total. The molecule has 1 fully saturated rings. The van der Waals surface area contributed by atoms with Gasteiger partial charge in [-0.2, -0.15) is 0 Å². The Kier molecular flexibility index (Phi) is 6.34. The molecule has 2 heterocycles. The van der Waals surface area contributed by atoms with Crippen LogP contribution in [-0.2, 0) is 0 Å². The molecule has 0 atom stereocenters. The van der Waals surface area contributed by atoms with Crippen LogP contribution in [0.1, 0.15) is 33.4 Å². The molecule has 2 amide bonds. The maximum atomic E-state index is 12.8. The van der Waals surface area contributed by atoms with Crippen LogP contribution in [0.2, 0.25) is 0 Å². The number of ether oxygens (including phenoxy) is 2. The zero-order valence-corrected chi connectivity index (χ0v) is 16.5. The van der Waals surface area contributed by atoms with Crippen LogP contribution >= 0.6 is 11.3 Å². The lowest BCUT2D eigenvalue weighted by molar-refractivity contribution is 0.0538. The lowest BCUT2D eigenvalue weighted by Crippen LogP contribution is -2.50. The smallest absolute Gasteiger partial charge is 0.264 e. The molecule has 27 heavy (non-hydrogen) atoms. The molecule has 0 bridgehead atoms. The van der Waals surface area contributed by atoms with Gasteiger partial charge in [0.1, 0.15) is 0 Å². The summed E-state index contributed by atoms with van der Waals surface area (Å²) in [5.41, 5.74) is 0.564. The van der Waals surface area contributed by atoms with Crippen LogP contribution in [0.25, 0.3) is 0 Å². The largest absolute Gasteiger partial charge is 0.493 e. The van der Waals surface area contributed by atoms with E-state index in [2.05, 4.69) is 0 Å². The van der Waals surface area contributed by atoms with Crippen molar-refractivity contribution in [3.8, 4) is 11.5 Å². The fraction of sp³-hybridized carbons (Fsp3) is 0.400. The van der Waals surface area contributed by atoms with E-state index in [1.807, 2.05) is 24.4 Å². The average molecular weight is 388 g/mol. The summed E-state index contributed by atoms with van der Waals surface area (Å²) >= 11 is 1.44. The Balaban J connectivity index is 1.63. The van der Waals surface area contributed by atoms with Gasteiger partial charge in [-0.3, -0.25) is 9.59 Å². The van der Waals surface area contributed by atoms with Gasteiger partial charge in [-0.15, -0.1) is 11.3 Å². The summed E-state index contributed by atoms with van der Waals surface area (Å²) in [6.45, 7) is 4.75. The number of carbonyl (C=O) groups is 2. The van der Waals surface area contributed by atoms with E-state index >= 15 is 0 Å². The van der Waals surface area contributed by atoms with Gasteiger partial charge in [0.05, 0.1) is 18.6 Å². The minimum Gasteiger partial charge on any atom is -0.493 e.